The molecule has 0 aliphatic carbocycles. The first kappa shape index (κ1) is 31.8. The van der Waals surface area contributed by atoms with E-state index in [0.717, 1.165) is 5.57 Å². The Balaban J connectivity index is 2.71. The predicted octanol–water partition coefficient (Wildman–Crippen LogP) is 4.25. The maximum Gasteiger partial charge on any atom is 0.405 e. The molecule has 0 fully saturated rings. The Morgan fingerprint density at radius 3 is 2.30 bits per heavy atom. The summed E-state index contributed by atoms with van der Waals surface area (Å²) >= 11 is 0. The van der Waals surface area contributed by atoms with Crippen molar-refractivity contribution in [3.63, 3.8) is 0 Å². The monoisotopic (exact) mass is 536 g/mol. The minimum Gasteiger partial charge on any atom is -0.436 e. The lowest BCUT2D eigenvalue weighted by Gasteiger charge is -2.22. The van der Waals surface area contributed by atoms with Crippen LogP contribution in [0.2, 0.25) is 0 Å². The number of nitrogens with two attached hydrogens (primary N) is 1. The molecule has 0 radical (unpaired) electrons. The van der Waals surface area contributed by atoms with E-state index >= 15 is 0 Å². The van der Waals surface area contributed by atoms with E-state index in [2.05, 4.69) is 10.6 Å². The molecule has 1 unspecified atom stereocenters. The molecule has 0 aliphatic rings. The van der Waals surface area contributed by atoms with Gasteiger partial charge in [-0.15, -0.1) is 0 Å². The number of hydrogen-bond donors (Lipinski definition) is 3. The number of rotatable bonds is 15. The van der Waals surface area contributed by atoms with Crippen molar-refractivity contribution < 1.29 is 32.7 Å². The number of nitriles is 1. The van der Waals surface area contributed by atoms with Gasteiger partial charge in [0.1, 0.15) is 6.04 Å². The molecule has 0 saturated heterocycles. The van der Waals surface area contributed by atoms with E-state index in [0.29, 0.717) is 17.7 Å². The molecule has 0 aliphatic heterocycles. The zero-order valence-corrected chi connectivity index (χ0v) is 22.9. The molecule has 1 rings (SSSR count). The van der Waals surface area contributed by atoms with Gasteiger partial charge in [0.05, 0.1) is 31.9 Å². The molecule has 3 atom stereocenters. The van der Waals surface area contributed by atoms with E-state index in [-0.39, 0.29) is 31.7 Å². The SMILES string of the molecule is CC(C)=CCCP(=O)(OCCC#N)OCc1ccc(NC(=O)[C@H](C)NC(=O)[C@@H](OC(N)=O)C(C)C)cc1. The zero-order valence-electron chi connectivity index (χ0n) is 22.0. The van der Waals surface area contributed by atoms with Crippen molar-refractivity contribution in [3.8, 4) is 6.07 Å². The maximum atomic E-state index is 13.1. The van der Waals surface area contributed by atoms with Crippen molar-refractivity contribution in [1.82, 2.24) is 5.32 Å². The molecule has 37 heavy (non-hydrogen) atoms. The highest BCUT2D eigenvalue weighted by atomic mass is 31.2. The summed E-state index contributed by atoms with van der Waals surface area (Å²) in [6.45, 7) is 8.80. The van der Waals surface area contributed by atoms with Crippen LogP contribution in [-0.4, -0.2) is 42.8 Å². The predicted molar refractivity (Wildman–Crippen MR) is 139 cm³/mol. The normalized spacial score (nSPS) is 14.0. The average molecular weight is 537 g/mol. The zero-order chi connectivity index (χ0) is 28.0. The van der Waals surface area contributed by atoms with E-state index in [1.165, 1.54) is 6.92 Å². The summed E-state index contributed by atoms with van der Waals surface area (Å²) in [6.07, 6.45) is 0.585. The molecular weight excluding hydrogens is 499 g/mol. The topological polar surface area (TPSA) is 170 Å². The second-order valence-corrected chi connectivity index (χ2v) is 11.1. The summed E-state index contributed by atoms with van der Waals surface area (Å²) in [7, 11) is -3.40. The van der Waals surface area contributed by atoms with Gasteiger partial charge in [-0.05, 0) is 50.8 Å². The van der Waals surface area contributed by atoms with Gasteiger partial charge in [-0.1, -0.05) is 37.6 Å². The van der Waals surface area contributed by atoms with Crippen LogP contribution in [-0.2, 0) is 34.5 Å². The molecule has 11 nitrogen and oxygen atoms in total. The van der Waals surface area contributed by atoms with E-state index in [4.69, 9.17) is 24.8 Å². The second-order valence-electron chi connectivity index (χ2n) is 8.94. The summed E-state index contributed by atoms with van der Waals surface area (Å²) in [4.78, 5) is 35.9. The Bertz CT molecular complexity index is 1030. The van der Waals surface area contributed by atoms with Gasteiger partial charge < -0.3 is 30.2 Å². The molecule has 0 heterocycles. The van der Waals surface area contributed by atoms with Gasteiger partial charge in [0.2, 0.25) is 5.91 Å². The van der Waals surface area contributed by atoms with Gasteiger partial charge >= 0.3 is 13.7 Å². The molecule has 0 bridgehead atoms. The number of ether oxygens (including phenoxy) is 1. The van der Waals surface area contributed by atoms with Gasteiger partial charge in [0.15, 0.2) is 6.10 Å². The van der Waals surface area contributed by atoms with Crippen molar-refractivity contribution in [1.29, 1.82) is 5.26 Å². The van der Waals surface area contributed by atoms with Crippen LogP contribution in [0, 0.1) is 17.2 Å². The molecular formula is C25H37N4O7P. The fourth-order valence-corrected chi connectivity index (χ4v) is 4.49. The Morgan fingerprint density at radius 1 is 1.11 bits per heavy atom. The number of carbonyl (C=O) groups is 3. The van der Waals surface area contributed by atoms with E-state index in [1.807, 2.05) is 26.0 Å². The summed E-state index contributed by atoms with van der Waals surface area (Å²) in [5, 5.41) is 13.9. The highest BCUT2D eigenvalue weighted by Gasteiger charge is 2.28. The molecule has 3 amide bonds. The van der Waals surface area contributed by atoms with Gasteiger partial charge in [-0.2, -0.15) is 5.26 Å². The Labute approximate surface area is 218 Å². The van der Waals surface area contributed by atoms with Gasteiger partial charge in [0.25, 0.3) is 5.91 Å². The van der Waals surface area contributed by atoms with Crippen LogP contribution in [0.15, 0.2) is 35.9 Å². The third-order valence-electron chi connectivity index (χ3n) is 4.97. The van der Waals surface area contributed by atoms with Gasteiger partial charge in [-0.25, -0.2) is 4.79 Å². The average Bonchev–Trinajstić information content (AvgIpc) is 2.81. The first-order valence-electron chi connectivity index (χ1n) is 11.9. The minimum atomic E-state index is -3.40. The first-order chi connectivity index (χ1) is 17.4. The van der Waals surface area contributed by atoms with Gasteiger partial charge in [-0.3, -0.25) is 14.2 Å². The van der Waals surface area contributed by atoms with Crippen molar-refractivity contribution >= 4 is 31.2 Å². The van der Waals surface area contributed by atoms with Crippen LogP contribution in [0.4, 0.5) is 10.5 Å². The molecule has 1 aromatic carbocycles. The van der Waals surface area contributed by atoms with Crippen LogP contribution >= 0.6 is 7.60 Å². The van der Waals surface area contributed by atoms with Gasteiger partial charge in [0, 0.05) is 5.69 Å². The van der Waals surface area contributed by atoms with E-state index < -0.39 is 37.6 Å². The molecule has 0 spiro atoms. The Kier molecular flexibility index (Phi) is 13.6. The lowest BCUT2D eigenvalue weighted by atomic mass is 10.1. The molecule has 0 aromatic heterocycles. The number of amides is 3. The van der Waals surface area contributed by atoms with Crippen molar-refractivity contribution in [3.05, 3.63) is 41.5 Å². The maximum absolute atomic E-state index is 13.1. The van der Waals surface area contributed by atoms with Crippen LogP contribution in [0.1, 0.15) is 53.0 Å². The summed E-state index contributed by atoms with van der Waals surface area (Å²) in [5.74, 6) is -1.44. The molecule has 1 aromatic rings. The third-order valence-corrected chi connectivity index (χ3v) is 6.87. The number of hydrogen-bond acceptors (Lipinski definition) is 8. The number of benzene rings is 1. The number of carbonyl (C=O) groups excluding carboxylic acids is 3. The number of nitrogens with one attached hydrogen (secondary N) is 2. The number of anilines is 1. The molecule has 0 saturated carbocycles. The quantitative estimate of drug-likeness (QED) is 0.170. The largest absolute Gasteiger partial charge is 0.436 e. The number of allylic oxidation sites excluding steroid dienone is 2. The lowest BCUT2D eigenvalue weighted by molar-refractivity contribution is -0.134. The second kappa shape index (κ2) is 15.8. The lowest BCUT2D eigenvalue weighted by Crippen LogP contribution is -2.49. The summed E-state index contributed by atoms with van der Waals surface area (Å²) in [6, 6.07) is 7.72. The Morgan fingerprint density at radius 2 is 1.76 bits per heavy atom. The van der Waals surface area contributed by atoms with Crippen molar-refractivity contribution in [2.45, 2.75) is 66.2 Å². The van der Waals surface area contributed by atoms with Crippen LogP contribution in [0.5, 0.6) is 0 Å². The Hall–Kier alpha value is -3.19. The van der Waals surface area contributed by atoms with Crippen LogP contribution < -0.4 is 16.4 Å². The summed E-state index contributed by atoms with van der Waals surface area (Å²) < 4.78 is 28.9. The fraction of sp³-hybridized carbons (Fsp3) is 0.520. The molecule has 4 N–H and O–H groups in total. The van der Waals surface area contributed by atoms with Crippen LogP contribution in [0.25, 0.3) is 0 Å². The van der Waals surface area contributed by atoms with Crippen molar-refractivity contribution in [2.75, 3.05) is 18.1 Å². The number of nitrogens with zero attached hydrogens (tertiary/aromatic N) is 1. The standard InChI is InChI=1S/C25H37N4O7P/c1-17(2)8-6-15-37(33,34-14-7-13-26)35-16-20-9-11-21(12-10-20)29-23(30)19(5)28-24(31)22(18(3)4)36-25(27)32/h8-12,18-19,22H,6-7,14-16H2,1-5H3,(H2,27,32)(H,28,31)(H,29,30)/t19-,22-,37?/m0/s1. The highest BCUT2D eigenvalue weighted by Crippen LogP contribution is 2.49. The number of primary amides is 1. The summed E-state index contributed by atoms with van der Waals surface area (Å²) in [5.41, 5.74) is 7.28. The van der Waals surface area contributed by atoms with E-state index in [1.54, 1.807) is 38.1 Å². The van der Waals surface area contributed by atoms with E-state index in [9.17, 15) is 18.9 Å². The molecule has 204 valence electrons. The van der Waals surface area contributed by atoms with Crippen LogP contribution in [0.3, 0.4) is 0 Å². The first-order valence-corrected chi connectivity index (χ1v) is 13.6. The van der Waals surface area contributed by atoms with Crippen molar-refractivity contribution in [2.24, 2.45) is 11.7 Å². The fourth-order valence-electron chi connectivity index (χ4n) is 2.99. The smallest absolute Gasteiger partial charge is 0.405 e. The highest BCUT2D eigenvalue weighted by molar-refractivity contribution is 7.53. The minimum absolute atomic E-state index is 0.0227. The third kappa shape index (κ3) is 12.6. The molecule has 12 heteroatoms.